The van der Waals surface area contributed by atoms with E-state index in [1.807, 2.05) is 30.3 Å². The fourth-order valence-corrected chi connectivity index (χ4v) is 8.40. The second-order valence-corrected chi connectivity index (χ2v) is 14.2. The molecule has 0 aliphatic carbocycles. The summed E-state index contributed by atoms with van der Waals surface area (Å²) >= 11 is 0. The fraction of sp³-hybridized carbons (Fsp3) is 0. The molecule has 0 aliphatic heterocycles. The molecule has 254 valence electrons. The smallest absolute Gasteiger partial charge is 0.189 e. The van der Waals surface area contributed by atoms with Gasteiger partial charge in [-0.1, -0.05) is 97.1 Å². The molecular formula is C51H30N4. The van der Waals surface area contributed by atoms with Gasteiger partial charge < -0.3 is 4.57 Å². The van der Waals surface area contributed by atoms with E-state index in [1.54, 1.807) is 12.4 Å². The van der Waals surface area contributed by atoms with E-state index in [-0.39, 0.29) is 0 Å². The average Bonchev–Trinajstić information content (AvgIpc) is 3.58. The van der Waals surface area contributed by atoms with Crippen molar-refractivity contribution in [3.8, 4) is 50.5 Å². The van der Waals surface area contributed by atoms with Crippen LogP contribution in [0.2, 0.25) is 0 Å². The average molecular weight is 699 g/mol. The van der Waals surface area contributed by atoms with E-state index in [0.717, 1.165) is 55.7 Å². The molecule has 3 heterocycles. The van der Waals surface area contributed by atoms with Crippen LogP contribution in [0.5, 0.6) is 0 Å². The van der Waals surface area contributed by atoms with Gasteiger partial charge in [0.2, 0.25) is 0 Å². The zero-order valence-corrected chi connectivity index (χ0v) is 29.6. The van der Waals surface area contributed by atoms with Gasteiger partial charge in [-0.25, -0.2) is 9.83 Å². The van der Waals surface area contributed by atoms with Crippen molar-refractivity contribution in [2.45, 2.75) is 0 Å². The molecule has 0 saturated heterocycles. The zero-order chi connectivity index (χ0) is 36.5. The molecule has 0 spiro atoms. The largest absolute Gasteiger partial charge is 0.310 e. The third-order valence-corrected chi connectivity index (χ3v) is 11.0. The Kier molecular flexibility index (Phi) is 6.89. The lowest BCUT2D eigenvalue weighted by Crippen LogP contribution is -1.93. The van der Waals surface area contributed by atoms with Gasteiger partial charge in [-0.3, -0.25) is 4.98 Å². The van der Waals surface area contributed by atoms with E-state index in [2.05, 4.69) is 154 Å². The molecule has 4 heteroatoms. The van der Waals surface area contributed by atoms with E-state index >= 15 is 0 Å². The molecule has 8 aromatic carbocycles. The van der Waals surface area contributed by atoms with Crippen molar-refractivity contribution < 1.29 is 0 Å². The maximum absolute atomic E-state index is 7.62. The van der Waals surface area contributed by atoms with Crippen LogP contribution in [0.4, 0.5) is 5.69 Å². The Morgan fingerprint density at radius 1 is 0.418 bits per heavy atom. The van der Waals surface area contributed by atoms with Crippen molar-refractivity contribution in [3.63, 3.8) is 0 Å². The van der Waals surface area contributed by atoms with E-state index in [9.17, 15) is 0 Å². The monoisotopic (exact) mass is 698 g/mol. The highest BCUT2D eigenvalue weighted by Gasteiger charge is 2.16. The van der Waals surface area contributed by atoms with Gasteiger partial charge in [0.25, 0.3) is 0 Å². The summed E-state index contributed by atoms with van der Waals surface area (Å²) in [6.45, 7) is 7.62. The quantitative estimate of drug-likeness (QED) is 0.132. The predicted octanol–water partition coefficient (Wildman–Crippen LogP) is 13.7. The third-order valence-electron chi connectivity index (χ3n) is 11.0. The van der Waals surface area contributed by atoms with Crippen LogP contribution in [0.25, 0.3) is 109 Å². The van der Waals surface area contributed by atoms with Crippen LogP contribution in [-0.4, -0.2) is 14.5 Å². The van der Waals surface area contributed by atoms with Crippen LogP contribution in [0, 0.1) is 6.57 Å². The van der Waals surface area contributed by atoms with Crippen LogP contribution in [0.1, 0.15) is 0 Å². The lowest BCUT2D eigenvalue weighted by atomic mass is 9.89. The molecule has 3 aromatic heterocycles. The Morgan fingerprint density at radius 2 is 0.964 bits per heavy atom. The summed E-state index contributed by atoms with van der Waals surface area (Å²) in [7, 11) is 0. The van der Waals surface area contributed by atoms with Crippen molar-refractivity contribution in [2.24, 2.45) is 0 Å². The molecule has 0 atom stereocenters. The number of rotatable bonds is 5. The Morgan fingerprint density at radius 3 is 1.60 bits per heavy atom. The van der Waals surface area contributed by atoms with E-state index in [4.69, 9.17) is 11.6 Å². The van der Waals surface area contributed by atoms with Crippen molar-refractivity contribution in [1.82, 2.24) is 14.5 Å². The molecular weight excluding hydrogens is 669 g/mol. The van der Waals surface area contributed by atoms with Crippen molar-refractivity contribution in [3.05, 3.63) is 194 Å². The molecule has 0 bridgehead atoms. The van der Waals surface area contributed by atoms with Crippen LogP contribution in [0.3, 0.4) is 0 Å². The summed E-state index contributed by atoms with van der Waals surface area (Å²) in [4.78, 5) is 12.9. The lowest BCUT2D eigenvalue weighted by Gasteiger charge is -2.15. The number of para-hydroxylation sites is 1. The number of fused-ring (bicyclic) bond motifs is 3. The summed E-state index contributed by atoms with van der Waals surface area (Å²) in [5.74, 6) is 0. The zero-order valence-electron chi connectivity index (χ0n) is 29.6. The third kappa shape index (κ3) is 5.06. The topological polar surface area (TPSA) is 35.1 Å². The maximum Gasteiger partial charge on any atom is 0.189 e. The van der Waals surface area contributed by atoms with Gasteiger partial charge in [-0.2, -0.15) is 0 Å². The van der Waals surface area contributed by atoms with E-state index in [0.29, 0.717) is 5.69 Å². The molecule has 0 saturated carbocycles. The minimum atomic E-state index is 0.640. The van der Waals surface area contributed by atoms with Crippen LogP contribution >= 0.6 is 0 Å². The van der Waals surface area contributed by atoms with Crippen molar-refractivity contribution >= 4 is 59.8 Å². The highest BCUT2D eigenvalue weighted by atomic mass is 15.0. The summed E-state index contributed by atoms with van der Waals surface area (Å²) in [6, 6.07) is 60.5. The van der Waals surface area contributed by atoms with Gasteiger partial charge in [0.05, 0.1) is 23.5 Å². The number of hydrogen-bond acceptors (Lipinski definition) is 2. The summed E-state index contributed by atoms with van der Waals surface area (Å²) < 4.78 is 2.28. The van der Waals surface area contributed by atoms with Crippen LogP contribution in [0.15, 0.2) is 182 Å². The normalized spacial score (nSPS) is 11.6. The molecule has 0 radical (unpaired) electrons. The standard InChI is InChI=1S/C51H30N4/c1-52-42-19-21-45-44-20-18-35(30-48(44)55(49(45)31-42)43-6-3-2-4-7-43)32-10-12-33(13-11-32)40-26-36-14-16-38-28-41(29-39-17-15-37(27-40)50(36)51(38)39)47-9-5-8-46(54-47)34-22-24-53-25-23-34/h2-31H. The second kappa shape index (κ2) is 12.2. The summed E-state index contributed by atoms with van der Waals surface area (Å²) in [6.07, 6.45) is 3.61. The SMILES string of the molecule is [C-]#[N+]c1ccc2c3ccc(-c4ccc(-c5cc6ccc7cc(-c8cccc(-c9ccncc9)n8)cc8ccc(c5)c6c78)cc4)cc3n(-c3ccccc3)c2c1. The molecule has 4 nitrogen and oxygen atoms in total. The number of benzene rings is 8. The molecule has 0 unspecified atom stereocenters. The number of hydrogen-bond donors (Lipinski definition) is 0. The Hall–Kier alpha value is -7.61. The lowest BCUT2D eigenvalue weighted by molar-refractivity contribution is 1.18. The van der Waals surface area contributed by atoms with E-state index in [1.165, 1.54) is 48.8 Å². The van der Waals surface area contributed by atoms with Crippen molar-refractivity contribution in [1.29, 1.82) is 0 Å². The Labute approximate surface area is 317 Å². The van der Waals surface area contributed by atoms with Gasteiger partial charge in [-0.05, 0) is 127 Å². The van der Waals surface area contributed by atoms with E-state index < -0.39 is 0 Å². The first-order valence-corrected chi connectivity index (χ1v) is 18.4. The predicted molar refractivity (Wildman–Crippen MR) is 228 cm³/mol. The minimum absolute atomic E-state index is 0.640. The number of aromatic nitrogens is 3. The molecule has 0 fully saturated rings. The number of pyridine rings is 2. The highest BCUT2D eigenvalue weighted by molar-refractivity contribution is 6.24. The summed E-state index contributed by atoms with van der Waals surface area (Å²) in [5.41, 5.74) is 12.6. The minimum Gasteiger partial charge on any atom is -0.310 e. The first-order valence-electron chi connectivity index (χ1n) is 18.4. The molecule has 11 aromatic rings. The molecule has 0 aliphatic rings. The van der Waals surface area contributed by atoms with Gasteiger partial charge in [0.15, 0.2) is 5.69 Å². The van der Waals surface area contributed by atoms with Crippen LogP contribution in [-0.2, 0) is 0 Å². The Balaban J connectivity index is 0.960. The van der Waals surface area contributed by atoms with Gasteiger partial charge in [0, 0.05) is 45.5 Å². The Bertz CT molecular complexity index is 3230. The maximum atomic E-state index is 7.62. The fourth-order valence-electron chi connectivity index (χ4n) is 8.40. The van der Waals surface area contributed by atoms with Gasteiger partial charge in [0.1, 0.15) is 0 Å². The summed E-state index contributed by atoms with van der Waals surface area (Å²) in [5, 5.41) is 9.81. The molecule has 55 heavy (non-hydrogen) atoms. The van der Waals surface area contributed by atoms with Crippen LogP contribution < -0.4 is 0 Å². The second-order valence-electron chi connectivity index (χ2n) is 14.2. The van der Waals surface area contributed by atoms with Gasteiger partial charge >= 0.3 is 0 Å². The highest BCUT2D eigenvalue weighted by Crippen LogP contribution is 2.41. The van der Waals surface area contributed by atoms with Gasteiger partial charge in [-0.15, -0.1) is 0 Å². The molecule has 0 amide bonds. The molecule has 11 rings (SSSR count). The molecule has 0 N–H and O–H groups in total. The van der Waals surface area contributed by atoms with Crippen molar-refractivity contribution in [2.75, 3.05) is 0 Å². The first-order chi connectivity index (χ1) is 27.2. The first kappa shape index (κ1) is 31.0. The number of nitrogens with zero attached hydrogens (tertiary/aromatic N) is 4.